The van der Waals surface area contributed by atoms with Gasteiger partial charge in [0, 0.05) is 50.3 Å². The summed E-state index contributed by atoms with van der Waals surface area (Å²) in [7, 11) is 0. The summed E-state index contributed by atoms with van der Waals surface area (Å²) in [6.07, 6.45) is -3.56. The third-order valence-corrected chi connectivity index (χ3v) is 8.18. The second-order valence-electron chi connectivity index (χ2n) is 11.3. The number of anilines is 2. The average Bonchev–Trinajstić information content (AvgIpc) is 2.98. The summed E-state index contributed by atoms with van der Waals surface area (Å²) in [5, 5.41) is 8.89. The third-order valence-electron chi connectivity index (χ3n) is 8.18. The maximum atomic E-state index is 12.4. The van der Waals surface area contributed by atoms with E-state index in [1.165, 1.54) is 24.3 Å². The van der Waals surface area contributed by atoms with Crippen LogP contribution in [-0.4, -0.2) is 90.5 Å². The number of nitrogens with zero attached hydrogens (tertiary/aromatic N) is 4. The first-order chi connectivity index (χ1) is 21.6. The Kier molecular flexibility index (Phi) is 8.97. The average molecular weight is 630 g/mol. The number of hydrogen-bond donors (Lipinski definition) is 2. The Morgan fingerprint density at radius 2 is 1.78 bits per heavy atom. The number of carboxylic acids is 1. The first kappa shape index (κ1) is 30.9. The molecule has 2 aliphatic heterocycles. The van der Waals surface area contributed by atoms with E-state index in [0.29, 0.717) is 30.9 Å². The Morgan fingerprint density at radius 1 is 1.04 bits per heavy atom. The van der Waals surface area contributed by atoms with E-state index in [0.717, 1.165) is 73.8 Å². The molecule has 2 saturated heterocycles. The second kappa shape index (κ2) is 13.1. The lowest BCUT2D eigenvalue weighted by atomic mass is 9.88. The van der Waals surface area contributed by atoms with Crippen molar-refractivity contribution in [2.75, 3.05) is 56.6 Å². The maximum Gasteiger partial charge on any atom is 0.573 e. The molecule has 0 radical (unpaired) electrons. The van der Waals surface area contributed by atoms with Crippen LogP contribution >= 0.6 is 0 Å². The standard InChI is InChI=1S/C31H34F3N5O6/c32-31(33,34)45-21-4-1-19(2-5-21)17-43-22-6-8-24-20(15-22)3-7-25-27(24)36-30(35)37-28(25)39-11-9-38(10-12-39)13-14-42-18-23-16-26(44-23)29(40)41/h1-2,4-6,8,15,23,26H,3,7,9-14,16-18H2,(H,40,41)(H2,35,36,37)/t23-,26+/m1/s1. The summed E-state index contributed by atoms with van der Waals surface area (Å²) in [4.78, 5) is 24.7. The van der Waals surface area contributed by atoms with Gasteiger partial charge in [-0.05, 0) is 54.3 Å². The number of carboxylic acid groups (broad SMARTS) is 1. The number of carbonyl (C=O) groups is 1. The van der Waals surface area contributed by atoms with Crippen LogP contribution in [0.1, 0.15) is 23.1 Å². The van der Waals surface area contributed by atoms with Crippen LogP contribution in [0.5, 0.6) is 11.5 Å². The fourth-order valence-corrected chi connectivity index (χ4v) is 5.83. The molecule has 1 aliphatic carbocycles. The molecule has 1 aromatic heterocycles. The normalized spacial score (nSPS) is 19.8. The quantitative estimate of drug-likeness (QED) is 0.301. The van der Waals surface area contributed by atoms with E-state index < -0.39 is 18.4 Å². The van der Waals surface area contributed by atoms with Crippen molar-refractivity contribution in [2.24, 2.45) is 0 Å². The molecule has 3 aromatic rings. The van der Waals surface area contributed by atoms with Crippen molar-refractivity contribution >= 4 is 17.7 Å². The van der Waals surface area contributed by atoms with E-state index in [2.05, 4.69) is 24.5 Å². The Balaban J connectivity index is 1.03. The summed E-state index contributed by atoms with van der Waals surface area (Å²) < 4.78 is 58.1. The van der Waals surface area contributed by atoms with Gasteiger partial charge in [-0.3, -0.25) is 4.90 Å². The molecule has 3 aliphatic rings. The van der Waals surface area contributed by atoms with Crippen LogP contribution in [-0.2, 0) is 33.7 Å². The van der Waals surface area contributed by atoms with Crippen LogP contribution in [0.25, 0.3) is 11.3 Å². The second-order valence-corrected chi connectivity index (χ2v) is 11.3. The fourth-order valence-electron chi connectivity index (χ4n) is 5.83. The summed E-state index contributed by atoms with van der Waals surface area (Å²) in [6, 6.07) is 11.4. The predicted octanol–water partition coefficient (Wildman–Crippen LogP) is 3.68. The molecular formula is C31H34F3N5O6. The Hall–Kier alpha value is -4.14. The molecule has 14 heteroatoms. The van der Waals surface area contributed by atoms with Crippen molar-refractivity contribution in [1.82, 2.24) is 14.9 Å². The first-order valence-corrected chi connectivity index (χ1v) is 14.8. The number of ether oxygens (including phenoxy) is 4. The minimum Gasteiger partial charge on any atom is -0.489 e. The van der Waals surface area contributed by atoms with Crippen molar-refractivity contribution in [3.63, 3.8) is 0 Å². The minimum atomic E-state index is -4.73. The van der Waals surface area contributed by atoms with E-state index in [1.54, 1.807) is 0 Å². The molecule has 2 aromatic carbocycles. The molecule has 2 fully saturated rings. The van der Waals surface area contributed by atoms with Crippen molar-refractivity contribution < 1.29 is 42.0 Å². The third kappa shape index (κ3) is 7.57. The molecular weight excluding hydrogens is 595 g/mol. The van der Waals surface area contributed by atoms with Gasteiger partial charge in [0.25, 0.3) is 0 Å². The number of fused-ring (bicyclic) bond motifs is 3. The Morgan fingerprint density at radius 3 is 2.49 bits per heavy atom. The monoisotopic (exact) mass is 629 g/mol. The molecule has 11 nitrogen and oxygen atoms in total. The number of aromatic nitrogens is 2. The van der Waals surface area contributed by atoms with Crippen LogP contribution in [0.2, 0.25) is 0 Å². The van der Waals surface area contributed by atoms with Crippen LogP contribution in [0.4, 0.5) is 24.9 Å². The summed E-state index contributed by atoms with van der Waals surface area (Å²) in [5.41, 5.74) is 10.9. The van der Waals surface area contributed by atoms with Gasteiger partial charge in [-0.15, -0.1) is 13.2 Å². The highest BCUT2D eigenvalue weighted by Crippen LogP contribution is 2.38. The highest BCUT2D eigenvalue weighted by atomic mass is 19.4. The SMILES string of the molecule is Nc1nc2c(c(N3CCN(CCOC[C@H]4C[C@@H](C(=O)O)O4)CC3)n1)CCc1cc(OCc3ccc(OC(F)(F)F)cc3)ccc1-2. The zero-order chi connectivity index (χ0) is 31.6. The lowest BCUT2D eigenvalue weighted by Gasteiger charge is -2.37. The van der Waals surface area contributed by atoms with Gasteiger partial charge in [0.15, 0.2) is 6.10 Å². The topological polar surface area (TPSA) is 132 Å². The molecule has 0 amide bonds. The fraction of sp³-hybridized carbons (Fsp3) is 0.452. The Labute approximate surface area is 257 Å². The van der Waals surface area contributed by atoms with Crippen molar-refractivity contribution in [1.29, 1.82) is 0 Å². The smallest absolute Gasteiger partial charge is 0.489 e. The number of benzene rings is 2. The van der Waals surface area contributed by atoms with Gasteiger partial charge in [-0.2, -0.15) is 4.98 Å². The van der Waals surface area contributed by atoms with Gasteiger partial charge in [-0.1, -0.05) is 12.1 Å². The summed E-state index contributed by atoms with van der Waals surface area (Å²) in [5.74, 6) is 0.535. The first-order valence-electron chi connectivity index (χ1n) is 14.8. The number of nitrogens with two attached hydrogens (primary N) is 1. The molecule has 2 atom stereocenters. The number of nitrogen functional groups attached to an aromatic ring is 1. The van der Waals surface area contributed by atoms with Crippen LogP contribution in [0.15, 0.2) is 42.5 Å². The lowest BCUT2D eigenvalue weighted by molar-refractivity contribution is -0.274. The summed E-state index contributed by atoms with van der Waals surface area (Å²) >= 11 is 0. The van der Waals surface area contributed by atoms with Gasteiger partial charge in [0.1, 0.15) is 23.9 Å². The Bertz CT molecular complexity index is 1510. The highest BCUT2D eigenvalue weighted by molar-refractivity contribution is 5.76. The van der Waals surface area contributed by atoms with Crippen LogP contribution < -0.4 is 20.1 Å². The van der Waals surface area contributed by atoms with Crippen molar-refractivity contribution in [3.05, 3.63) is 59.2 Å². The molecule has 3 heterocycles. The highest BCUT2D eigenvalue weighted by Gasteiger charge is 2.35. The number of rotatable bonds is 11. The molecule has 0 bridgehead atoms. The van der Waals surface area contributed by atoms with Gasteiger partial charge < -0.3 is 34.7 Å². The van der Waals surface area contributed by atoms with Gasteiger partial charge in [0.2, 0.25) is 5.95 Å². The maximum absolute atomic E-state index is 12.4. The molecule has 0 unspecified atom stereocenters. The number of aliphatic carboxylic acids is 1. The number of aryl methyl sites for hydroxylation is 1. The number of halogens is 3. The summed E-state index contributed by atoms with van der Waals surface area (Å²) in [6.45, 7) is 5.21. The molecule has 240 valence electrons. The number of piperazine rings is 1. The largest absolute Gasteiger partial charge is 0.573 e. The van der Waals surface area contributed by atoms with Crippen LogP contribution in [0.3, 0.4) is 0 Å². The molecule has 0 spiro atoms. The molecule has 6 rings (SSSR count). The molecule has 3 N–H and O–H groups in total. The van der Waals surface area contributed by atoms with Crippen molar-refractivity contribution in [2.45, 2.75) is 44.4 Å². The number of alkyl halides is 3. The van der Waals surface area contributed by atoms with Crippen molar-refractivity contribution in [3.8, 4) is 22.8 Å². The van der Waals surface area contributed by atoms with E-state index in [-0.39, 0.29) is 24.4 Å². The predicted molar refractivity (Wildman–Crippen MR) is 157 cm³/mol. The van der Waals surface area contributed by atoms with Gasteiger partial charge in [-0.25, -0.2) is 9.78 Å². The van der Waals surface area contributed by atoms with E-state index in [1.807, 2.05) is 18.2 Å². The van der Waals surface area contributed by atoms with Gasteiger partial charge in [0.05, 0.1) is 25.0 Å². The molecule has 45 heavy (non-hydrogen) atoms. The van der Waals surface area contributed by atoms with Gasteiger partial charge >= 0.3 is 12.3 Å². The zero-order valence-corrected chi connectivity index (χ0v) is 24.5. The number of hydrogen-bond acceptors (Lipinski definition) is 10. The van der Waals surface area contributed by atoms with E-state index in [4.69, 9.17) is 25.1 Å². The van der Waals surface area contributed by atoms with E-state index >= 15 is 0 Å². The van der Waals surface area contributed by atoms with E-state index in [9.17, 15) is 18.0 Å². The minimum absolute atomic E-state index is 0.141. The molecule has 0 saturated carbocycles. The lowest BCUT2D eigenvalue weighted by Crippen LogP contribution is -2.48. The van der Waals surface area contributed by atoms with Crippen LogP contribution in [0, 0.1) is 0 Å². The zero-order valence-electron chi connectivity index (χ0n) is 24.5.